The maximum absolute atomic E-state index is 13.2. The standard InChI is InChI=1S/C22H21FN4O6S2.C7H8N2O4S/c1-4-26(16-7-9-17(10-8-16)35(23,31)32)19-11-6-15(12-14(19)3)24-25-21-18(22(28)33-5-2)13-20(34-21)27(29)30;1-2-13-7(10)4-3-5(9(11)12)14-6(4)8/h6-13H,4-5H2,1-3H3;3H,2,8H2,1H3. The molecule has 0 fully saturated rings. The Kier molecular flexibility index (Phi) is 13.0. The average molecular weight is 737 g/mol. The molecule has 2 aromatic heterocycles. The van der Waals surface area contributed by atoms with Crippen LogP contribution in [0.15, 0.2) is 69.7 Å². The highest BCUT2D eigenvalue weighted by Crippen LogP contribution is 2.38. The Morgan fingerprint density at radius 2 is 1.43 bits per heavy atom. The molecule has 260 valence electrons. The van der Waals surface area contributed by atoms with Gasteiger partial charge in [0, 0.05) is 30.1 Å². The van der Waals surface area contributed by atoms with Gasteiger partial charge in [0.2, 0.25) is 0 Å². The zero-order valence-electron chi connectivity index (χ0n) is 26.3. The molecule has 0 radical (unpaired) electrons. The Hall–Kier alpha value is -5.34. The number of azo groups is 1. The molecule has 0 amide bonds. The van der Waals surface area contributed by atoms with Crippen LogP contribution in [0.2, 0.25) is 0 Å². The molecular weight excluding hydrogens is 708 g/mol. The van der Waals surface area contributed by atoms with Gasteiger partial charge in [0.15, 0.2) is 5.00 Å². The van der Waals surface area contributed by atoms with E-state index < -0.39 is 36.9 Å². The number of thiophene rings is 2. The van der Waals surface area contributed by atoms with Crippen LogP contribution in [0, 0.1) is 27.2 Å². The van der Waals surface area contributed by atoms with Crippen molar-refractivity contribution in [2.24, 2.45) is 10.2 Å². The maximum Gasteiger partial charge on any atom is 0.341 e. The molecule has 0 aliphatic carbocycles. The summed E-state index contributed by atoms with van der Waals surface area (Å²) < 4.78 is 45.0. The molecule has 0 aliphatic heterocycles. The molecule has 0 spiro atoms. The van der Waals surface area contributed by atoms with Gasteiger partial charge in [-0.25, -0.2) is 9.59 Å². The Morgan fingerprint density at radius 3 is 1.92 bits per heavy atom. The van der Waals surface area contributed by atoms with E-state index in [4.69, 9.17) is 10.5 Å². The molecule has 0 saturated heterocycles. The van der Waals surface area contributed by atoms with E-state index in [2.05, 4.69) is 15.0 Å². The van der Waals surface area contributed by atoms with Gasteiger partial charge in [0.25, 0.3) is 0 Å². The van der Waals surface area contributed by atoms with Gasteiger partial charge in [0.05, 0.1) is 33.6 Å². The number of nitrogens with zero attached hydrogens (tertiary/aromatic N) is 5. The summed E-state index contributed by atoms with van der Waals surface area (Å²) in [4.78, 5) is 45.1. The summed E-state index contributed by atoms with van der Waals surface area (Å²) in [5.74, 6) is -1.35. The van der Waals surface area contributed by atoms with Crippen LogP contribution in [-0.2, 0) is 19.7 Å². The third-order valence-electron chi connectivity index (χ3n) is 6.27. The summed E-state index contributed by atoms with van der Waals surface area (Å²) in [5, 5.41) is 29.4. The lowest BCUT2D eigenvalue weighted by atomic mass is 10.1. The van der Waals surface area contributed by atoms with Gasteiger partial charge in [0.1, 0.15) is 16.1 Å². The normalized spacial score (nSPS) is 11.0. The van der Waals surface area contributed by atoms with Crippen LogP contribution < -0.4 is 10.6 Å². The second-order valence-electron chi connectivity index (χ2n) is 9.47. The number of halogens is 1. The topological polar surface area (TPSA) is 227 Å². The van der Waals surface area contributed by atoms with E-state index in [0.717, 1.165) is 46.1 Å². The maximum atomic E-state index is 13.2. The summed E-state index contributed by atoms with van der Waals surface area (Å²) in [6.07, 6.45) is 0. The summed E-state index contributed by atoms with van der Waals surface area (Å²) >= 11 is 1.47. The summed E-state index contributed by atoms with van der Waals surface area (Å²) in [6.45, 7) is 7.90. The minimum atomic E-state index is -4.78. The van der Waals surface area contributed by atoms with E-state index in [1.54, 1.807) is 32.0 Å². The quantitative estimate of drug-likeness (QED) is 0.0483. The van der Waals surface area contributed by atoms with Crippen molar-refractivity contribution in [2.45, 2.75) is 32.6 Å². The fraction of sp³-hybridized carbons (Fsp3) is 0.241. The Balaban J connectivity index is 0.000000388. The molecule has 16 nitrogen and oxygen atoms in total. The van der Waals surface area contributed by atoms with Crippen LogP contribution in [0.1, 0.15) is 47.1 Å². The number of rotatable bonds is 12. The minimum absolute atomic E-state index is 0.0310. The first-order valence-corrected chi connectivity index (χ1v) is 17.1. The molecule has 2 aromatic carbocycles. The van der Waals surface area contributed by atoms with E-state index in [0.29, 0.717) is 17.9 Å². The van der Waals surface area contributed by atoms with Gasteiger partial charge in [-0.2, -0.15) is 8.42 Å². The second kappa shape index (κ2) is 16.7. The first-order chi connectivity index (χ1) is 23.1. The van der Waals surface area contributed by atoms with Crippen LogP contribution in [0.25, 0.3) is 0 Å². The van der Waals surface area contributed by atoms with E-state index in [1.807, 2.05) is 18.7 Å². The SMILES string of the molecule is CCOC(=O)c1cc([N+](=O)[O-])sc1N.CCOC(=O)c1cc([N+](=O)[O-])sc1N=Nc1ccc(N(CC)c2ccc(S(=O)(=O)F)cc2)c(C)c1. The predicted molar refractivity (Wildman–Crippen MR) is 181 cm³/mol. The highest BCUT2D eigenvalue weighted by atomic mass is 32.3. The molecule has 2 heterocycles. The highest BCUT2D eigenvalue weighted by Gasteiger charge is 2.23. The number of nitrogen functional groups attached to an aromatic ring is 1. The van der Waals surface area contributed by atoms with Gasteiger partial charge in [-0.15, -0.1) is 14.1 Å². The van der Waals surface area contributed by atoms with Crippen LogP contribution in [0.5, 0.6) is 0 Å². The Morgan fingerprint density at radius 1 is 0.878 bits per heavy atom. The molecule has 4 aromatic rings. The van der Waals surface area contributed by atoms with Crippen molar-refractivity contribution in [3.8, 4) is 0 Å². The number of hydrogen-bond acceptors (Lipinski definition) is 16. The molecule has 2 N–H and O–H groups in total. The van der Waals surface area contributed by atoms with Crippen molar-refractivity contribution in [2.75, 3.05) is 30.4 Å². The molecule has 0 atom stereocenters. The zero-order valence-corrected chi connectivity index (χ0v) is 28.8. The van der Waals surface area contributed by atoms with E-state index in [-0.39, 0.29) is 44.3 Å². The number of aryl methyl sites for hydroxylation is 1. The first kappa shape index (κ1) is 38.1. The fourth-order valence-electron chi connectivity index (χ4n) is 4.13. The highest BCUT2D eigenvalue weighted by molar-refractivity contribution is 7.86. The van der Waals surface area contributed by atoms with Crippen molar-refractivity contribution in [1.29, 1.82) is 0 Å². The van der Waals surface area contributed by atoms with Gasteiger partial charge in [-0.05, 0) is 98.4 Å². The van der Waals surface area contributed by atoms with E-state index >= 15 is 0 Å². The van der Waals surface area contributed by atoms with Gasteiger partial charge < -0.3 is 20.1 Å². The van der Waals surface area contributed by atoms with Crippen molar-refractivity contribution < 1.29 is 41.2 Å². The molecule has 0 saturated carbocycles. The number of ether oxygens (including phenoxy) is 2. The summed E-state index contributed by atoms with van der Waals surface area (Å²) in [5.41, 5.74) is 8.19. The van der Waals surface area contributed by atoms with Crippen LogP contribution in [-0.4, -0.2) is 50.0 Å². The lowest BCUT2D eigenvalue weighted by Crippen LogP contribution is -2.17. The number of hydrogen-bond donors (Lipinski definition) is 1. The van der Waals surface area contributed by atoms with Crippen molar-refractivity contribution in [3.63, 3.8) is 0 Å². The van der Waals surface area contributed by atoms with Crippen LogP contribution in [0.4, 0.5) is 41.0 Å². The number of carbonyl (C=O) groups excluding carboxylic acids is 2. The predicted octanol–water partition coefficient (Wildman–Crippen LogP) is 7.79. The molecule has 4 rings (SSSR count). The monoisotopic (exact) mass is 736 g/mol. The minimum Gasteiger partial charge on any atom is -0.462 e. The summed E-state index contributed by atoms with van der Waals surface area (Å²) in [7, 11) is -4.78. The Bertz CT molecular complexity index is 2000. The number of benzene rings is 2. The number of esters is 2. The average Bonchev–Trinajstić information content (AvgIpc) is 3.66. The Labute approximate surface area is 287 Å². The van der Waals surface area contributed by atoms with Crippen LogP contribution in [0.3, 0.4) is 0 Å². The summed E-state index contributed by atoms with van der Waals surface area (Å²) in [6, 6.07) is 12.9. The molecule has 49 heavy (non-hydrogen) atoms. The fourth-order valence-corrected chi connectivity index (χ4v) is 6.10. The lowest BCUT2D eigenvalue weighted by Gasteiger charge is -2.25. The van der Waals surface area contributed by atoms with Gasteiger partial charge in [-0.3, -0.25) is 20.2 Å². The van der Waals surface area contributed by atoms with Crippen molar-refractivity contribution >= 4 is 81.9 Å². The van der Waals surface area contributed by atoms with Crippen molar-refractivity contribution in [3.05, 3.63) is 91.5 Å². The zero-order chi connectivity index (χ0) is 36.5. The number of anilines is 3. The largest absolute Gasteiger partial charge is 0.462 e. The third kappa shape index (κ3) is 9.84. The third-order valence-corrected chi connectivity index (χ3v) is 8.99. The molecule has 0 bridgehead atoms. The molecular formula is C29H29FN6O10S3. The van der Waals surface area contributed by atoms with E-state index in [1.165, 1.54) is 24.3 Å². The van der Waals surface area contributed by atoms with Crippen LogP contribution >= 0.6 is 22.7 Å². The van der Waals surface area contributed by atoms with E-state index in [9.17, 15) is 42.1 Å². The number of carbonyl (C=O) groups is 2. The second-order valence-corrected chi connectivity index (χ2v) is 12.9. The number of nitro groups is 2. The first-order valence-electron chi connectivity index (χ1n) is 14.1. The number of nitrogens with two attached hydrogens (primary N) is 1. The molecule has 0 aliphatic rings. The van der Waals surface area contributed by atoms with Gasteiger partial charge >= 0.3 is 32.2 Å². The lowest BCUT2D eigenvalue weighted by molar-refractivity contribution is -0.380. The smallest absolute Gasteiger partial charge is 0.341 e. The van der Waals surface area contributed by atoms with Gasteiger partial charge in [-0.1, -0.05) is 0 Å². The molecule has 20 heteroatoms. The molecule has 0 unspecified atom stereocenters. The van der Waals surface area contributed by atoms with Crippen molar-refractivity contribution in [1.82, 2.24) is 0 Å².